The molecule has 5 N–H and O–H groups in total. The first-order chi connectivity index (χ1) is 5.24. The smallest absolute Gasteiger partial charge is 0.211 e. The molecule has 0 radical (unpaired) electrons. The van der Waals surface area contributed by atoms with Crippen LogP contribution in [0.5, 0.6) is 0 Å². The number of hydrogen-bond acceptors (Lipinski definition) is 3. The zero-order valence-electron chi connectivity index (χ0n) is 5.87. The van der Waals surface area contributed by atoms with Crippen LogP contribution in [0.15, 0.2) is 18.2 Å². The van der Waals surface area contributed by atoms with Crippen molar-refractivity contribution in [3.8, 4) is 0 Å². The zero-order valence-corrected chi connectivity index (χ0v) is 5.87. The number of carbonyl (C=O) groups is 1. The number of benzene rings is 1. The fourth-order valence-electron chi connectivity index (χ4n) is 0.733. The van der Waals surface area contributed by atoms with E-state index >= 15 is 0 Å². The van der Waals surface area contributed by atoms with Gasteiger partial charge in [-0.1, -0.05) is 0 Å². The third kappa shape index (κ3) is 1.61. The van der Waals surface area contributed by atoms with Crippen molar-refractivity contribution in [2.24, 2.45) is 0 Å². The Hall–Kier alpha value is -1.71. The Balaban J connectivity index is 2.95. The van der Waals surface area contributed by atoms with Crippen LogP contribution < -0.4 is 16.8 Å². The molecule has 0 unspecified atom stereocenters. The first kappa shape index (κ1) is 7.40. The summed E-state index contributed by atoms with van der Waals surface area (Å²) in [6.45, 7) is 0. The predicted octanol–water partition coefficient (Wildman–Crippen LogP) is 0.419. The van der Waals surface area contributed by atoms with Crippen molar-refractivity contribution < 1.29 is 4.79 Å². The minimum Gasteiger partial charge on any atom is -0.397 e. The standard InChI is InChI=1S/C7H9N3O/c8-6-2-1-5(10-4-11)3-7(6)9/h1-4H,8-9H2,(H,10,11). The van der Waals surface area contributed by atoms with Gasteiger partial charge in [0.2, 0.25) is 6.41 Å². The van der Waals surface area contributed by atoms with E-state index in [1.54, 1.807) is 18.2 Å². The van der Waals surface area contributed by atoms with Crippen molar-refractivity contribution in [1.29, 1.82) is 0 Å². The maximum absolute atomic E-state index is 9.99. The number of nitrogens with one attached hydrogen (secondary N) is 1. The summed E-state index contributed by atoms with van der Waals surface area (Å²) in [7, 11) is 0. The van der Waals surface area contributed by atoms with Crippen molar-refractivity contribution >= 4 is 23.5 Å². The molecule has 0 heterocycles. The largest absolute Gasteiger partial charge is 0.397 e. The molecule has 0 bridgehead atoms. The number of hydrogen-bond donors (Lipinski definition) is 3. The zero-order chi connectivity index (χ0) is 8.27. The predicted molar refractivity (Wildman–Crippen MR) is 45.0 cm³/mol. The highest BCUT2D eigenvalue weighted by molar-refractivity contribution is 5.77. The molecule has 0 aliphatic carbocycles. The van der Waals surface area contributed by atoms with E-state index in [0.717, 1.165) is 0 Å². The number of anilines is 3. The molecule has 0 aliphatic heterocycles. The van der Waals surface area contributed by atoms with Gasteiger partial charge in [0.1, 0.15) is 0 Å². The summed E-state index contributed by atoms with van der Waals surface area (Å²) in [5.74, 6) is 0. The highest BCUT2D eigenvalue weighted by Gasteiger charge is 1.94. The van der Waals surface area contributed by atoms with Gasteiger partial charge in [-0.05, 0) is 18.2 Å². The molecule has 0 saturated carbocycles. The van der Waals surface area contributed by atoms with Gasteiger partial charge in [0.05, 0.1) is 11.4 Å². The van der Waals surface area contributed by atoms with Gasteiger partial charge in [0, 0.05) is 5.69 Å². The van der Waals surface area contributed by atoms with Gasteiger partial charge in [-0.3, -0.25) is 4.79 Å². The maximum atomic E-state index is 9.99. The fraction of sp³-hybridized carbons (Fsp3) is 0. The molecule has 1 aromatic rings. The molecule has 0 aliphatic rings. The van der Waals surface area contributed by atoms with Crippen molar-refractivity contribution in [3.05, 3.63) is 18.2 Å². The molecule has 1 amide bonds. The second-order valence-corrected chi connectivity index (χ2v) is 2.11. The van der Waals surface area contributed by atoms with E-state index in [9.17, 15) is 4.79 Å². The Morgan fingerprint density at radius 1 is 1.27 bits per heavy atom. The number of rotatable bonds is 2. The number of amides is 1. The lowest BCUT2D eigenvalue weighted by atomic mass is 10.2. The summed E-state index contributed by atoms with van der Waals surface area (Å²) in [6.07, 6.45) is 0.588. The Bertz CT molecular complexity index is 272. The van der Waals surface area contributed by atoms with Gasteiger partial charge in [-0.15, -0.1) is 0 Å². The fourth-order valence-corrected chi connectivity index (χ4v) is 0.733. The lowest BCUT2D eigenvalue weighted by Crippen LogP contribution is -1.98. The topological polar surface area (TPSA) is 81.1 Å². The van der Waals surface area contributed by atoms with E-state index < -0.39 is 0 Å². The molecule has 0 aromatic heterocycles. The molecule has 0 saturated heterocycles. The van der Waals surface area contributed by atoms with Crippen molar-refractivity contribution in [2.45, 2.75) is 0 Å². The Morgan fingerprint density at radius 2 is 2.00 bits per heavy atom. The minimum absolute atomic E-state index is 0.469. The Kier molecular flexibility index (Phi) is 1.96. The maximum Gasteiger partial charge on any atom is 0.211 e. The summed E-state index contributed by atoms with van der Waals surface area (Å²) in [4.78, 5) is 9.99. The van der Waals surface area contributed by atoms with E-state index in [-0.39, 0.29) is 0 Å². The van der Waals surface area contributed by atoms with Crippen molar-refractivity contribution in [1.82, 2.24) is 0 Å². The van der Waals surface area contributed by atoms with Gasteiger partial charge < -0.3 is 16.8 Å². The first-order valence-electron chi connectivity index (χ1n) is 3.09. The number of carbonyl (C=O) groups excluding carboxylic acids is 1. The summed E-state index contributed by atoms with van der Waals surface area (Å²) >= 11 is 0. The van der Waals surface area contributed by atoms with Gasteiger partial charge in [-0.2, -0.15) is 0 Å². The van der Waals surface area contributed by atoms with Crippen LogP contribution in [0.3, 0.4) is 0 Å². The van der Waals surface area contributed by atoms with E-state index in [2.05, 4.69) is 5.32 Å². The summed E-state index contributed by atoms with van der Waals surface area (Å²) in [5, 5.41) is 2.46. The van der Waals surface area contributed by atoms with Crippen molar-refractivity contribution in [3.63, 3.8) is 0 Å². The lowest BCUT2D eigenvalue weighted by Gasteiger charge is -2.02. The van der Waals surface area contributed by atoms with Gasteiger partial charge in [-0.25, -0.2) is 0 Å². The molecule has 0 fully saturated rings. The van der Waals surface area contributed by atoms with Crippen LogP contribution in [-0.2, 0) is 4.79 Å². The SMILES string of the molecule is Nc1ccc(NC=O)cc1N. The molecule has 0 atom stereocenters. The molecule has 1 rings (SSSR count). The molecule has 4 nitrogen and oxygen atoms in total. The summed E-state index contributed by atoms with van der Waals surface area (Å²) in [5.41, 5.74) is 12.5. The normalized spacial score (nSPS) is 9.09. The second kappa shape index (κ2) is 2.92. The van der Waals surface area contributed by atoms with E-state index in [1.807, 2.05) is 0 Å². The van der Waals surface area contributed by atoms with E-state index in [4.69, 9.17) is 11.5 Å². The van der Waals surface area contributed by atoms with Gasteiger partial charge in [0.15, 0.2) is 0 Å². The van der Waals surface area contributed by atoms with E-state index in [1.165, 1.54) is 0 Å². The number of nitrogen functional groups attached to an aromatic ring is 2. The second-order valence-electron chi connectivity index (χ2n) is 2.11. The van der Waals surface area contributed by atoms with Gasteiger partial charge in [0.25, 0.3) is 0 Å². The quantitative estimate of drug-likeness (QED) is 0.423. The average molecular weight is 151 g/mol. The van der Waals surface area contributed by atoms with Crippen LogP contribution in [0.4, 0.5) is 17.1 Å². The minimum atomic E-state index is 0.469. The third-order valence-electron chi connectivity index (χ3n) is 1.31. The Morgan fingerprint density at radius 3 is 2.55 bits per heavy atom. The van der Waals surface area contributed by atoms with Crippen LogP contribution in [0.2, 0.25) is 0 Å². The van der Waals surface area contributed by atoms with E-state index in [0.29, 0.717) is 23.5 Å². The van der Waals surface area contributed by atoms with Crippen LogP contribution in [0.25, 0.3) is 0 Å². The number of nitrogens with two attached hydrogens (primary N) is 2. The highest BCUT2D eigenvalue weighted by atomic mass is 16.1. The van der Waals surface area contributed by atoms with Crippen LogP contribution in [-0.4, -0.2) is 6.41 Å². The third-order valence-corrected chi connectivity index (χ3v) is 1.31. The molecule has 11 heavy (non-hydrogen) atoms. The monoisotopic (exact) mass is 151 g/mol. The van der Waals surface area contributed by atoms with Crippen molar-refractivity contribution in [2.75, 3.05) is 16.8 Å². The van der Waals surface area contributed by atoms with Gasteiger partial charge >= 0.3 is 0 Å². The molecular formula is C7H9N3O. The van der Waals surface area contributed by atoms with Crippen LogP contribution >= 0.6 is 0 Å². The molecule has 0 spiro atoms. The first-order valence-corrected chi connectivity index (χ1v) is 3.09. The summed E-state index contributed by atoms with van der Waals surface area (Å²) < 4.78 is 0. The lowest BCUT2D eigenvalue weighted by molar-refractivity contribution is -0.105. The molecule has 58 valence electrons. The summed E-state index contributed by atoms with van der Waals surface area (Å²) in [6, 6.07) is 4.92. The molecule has 1 aromatic carbocycles. The Labute approximate surface area is 64.2 Å². The van der Waals surface area contributed by atoms with Crippen LogP contribution in [0.1, 0.15) is 0 Å². The highest BCUT2D eigenvalue weighted by Crippen LogP contribution is 2.18. The average Bonchev–Trinajstić information content (AvgIpc) is 1.98. The van der Waals surface area contributed by atoms with Crippen LogP contribution in [0, 0.1) is 0 Å². The molecule has 4 heteroatoms. The molecular weight excluding hydrogens is 142 g/mol.